The number of hydrogen-bond donors (Lipinski definition) is 0. The third-order valence-corrected chi connectivity index (χ3v) is 12.6. The van der Waals surface area contributed by atoms with Crippen LogP contribution in [-0.4, -0.2) is 20.4 Å². The van der Waals surface area contributed by atoms with Gasteiger partial charge >= 0.3 is 172 Å². The Hall–Kier alpha value is -1.41. The molecule has 0 atom stereocenters. The Balaban J connectivity index is 1.67. The van der Waals surface area contributed by atoms with Gasteiger partial charge < -0.3 is 0 Å². The van der Waals surface area contributed by atoms with Crippen molar-refractivity contribution in [3.05, 3.63) is 60.7 Å². The molecule has 0 aliphatic rings. The van der Waals surface area contributed by atoms with Gasteiger partial charge in [-0.2, -0.15) is 0 Å². The van der Waals surface area contributed by atoms with E-state index >= 15 is 0 Å². The average molecular weight is 498 g/mol. The van der Waals surface area contributed by atoms with Crippen LogP contribution in [0, 0.1) is 0 Å². The summed E-state index contributed by atoms with van der Waals surface area (Å²) in [4.78, 5) is 0. The van der Waals surface area contributed by atoms with Crippen molar-refractivity contribution >= 4 is 111 Å². The van der Waals surface area contributed by atoms with Crippen molar-refractivity contribution in [2.24, 2.45) is 0 Å². The molecule has 0 saturated heterocycles. The summed E-state index contributed by atoms with van der Waals surface area (Å²) in [6.45, 7) is 0. The van der Waals surface area contributed by atoms with Gasteiger partial charge in [0, 0.05) is 0 Å². The van der Waals surface area contributed by atoms with Crippen molar-refractivity contribution in [3.8, 4) is 0 Å². The number of rotatable bonds is 0. The molecule has 0 saturated carbocycles. The van der Waals surface area contributed by atoms with Crippen molar-refractivity contribution in [2.45, 2.75) is 0 Å². The number of benzene rings is 3. The topological polar surface area (TPSA) is 0 Å². The van der Waals surface area contributed by atoms with E-state index in [0.29, 0.717) is 0 Å². The molecular formula is C22H10S3Te. The predicted molar refractivity (Wildman–Crippen MR) is 122 cm³/mol. The standard InChI is InChI=1S/C22H10S3Te/c1-3-7-15-11(5-1)19-20(23-15)13-10-18-14(9-17(13)25-19)21-22(26-18)12-6-2-4-8-16(12)24-21/h1-10H. The minimum atomic E-state index is -0.289. The van der Waals surface area contributed by atoms with Gasteiger partial charge in [-0.1, -0.05) is 0 Å². The average Bonchev–Trinajstić information content (AvgIpc) is 3.38. The van der Waals surface area contributed by atoms with Gasteiger partial charge in [0.05, 0.1) is 0 Å². The first kappa shape index (κ1) is 14.6. The summed E-state index contributed by atoms with van der Waals surface area (Å²) in [7, 11) is 0. The van der Waals surface area contributed by atoms with E-state index in [9.17, 15) is 0 Å². The molecule has 4 heterocycles. The van der Waals surface area contributed by atoms with Crippen LogP contribution in [0.3, 0.4) is 0 Å². The van der Waals surface area contributed by atoms with E-state index in [1.54, 1.807) is 11.5 Å². The van der Waals surface area contributed by atoms with Crippen molar-refractivity contribution in [3.63, 3.8) is 0 Å². The maximum absolute atomic E-state index is 2.53. The molecule has 0 aliphatic heterocycles. The van der Waals surface area contributed by atoms with Crippen LogP contribution >= 0.6 is 34.0 Å². The van der Waals surface area contributed by atoms with Gasteiger partial charge in [0.1, 0.15) is 0 Å². The van der Waals surface area contributed by atoms with E-state index in [0.717, 1.165) is 0 Å². The molecule has 26 heavy (non-hydrogen) atoms. The van der Waals surface area contributed by atoms with Crippen molar-refractivity contribution in [2.75, 3.05) is 0 Å². The zero-order valence-corrected chi connectivity index (χ0v) is 18.2. The van der Waals surface area contributed by atoms with Crippen LogP contribution in [0.25, 0.3) is 56.5 Å². The Morgan fingerprint density at radius 2 is 1.19 bits per heavy atom. The van der Waals surface area contributed by atoms with Gasteiger partial charge in [0.25, 0.3) is 0 Å². The molecule has 0 nitrogen and oxygen atoms in total. The summed E-state index contributed by atoms with van der Waals surface area (Å²) in [5.74, 6) is 0. The van der Waals surface area contributed by atoms with Crippen molar-refractivity contribution in [1.82, 2.24) is 0 Å². The summed E-state index contributed by atoms with van der Waals surface area (Å²) >= 11 is 5.63. The zero-order chi connectivity index (χ0) is 16.8. The minimum absolute atomic E-state index is 0.289. The Morgan fingerprint density at radius 1 is 0.538 bits per heavy atom. The van der Waals surface area contributed by atoms with Crippen LogP contribution in [0.15, 0.2) is 60.7 Å². The monoisotopic (exact) mass is 500 g/mol. The van der Waals surface area contributed by atoms with Gasteiger partial charge in [0.2, 0.25) is 0 Å². The summed E-state index contributed by atoms with van der Waals surface area (Å²) in [6.07, 6.45) is 0. The fourth-order valence-electron chi connectivity index (χ4n) is 3.90. The van der Waals surface area contributed by atoms with Crippen LogP contribution in [0.2, 0.25) is 0 Å². The number of thiophene rings is 3. The first-order valence-corrected chi connectivity index (χ1v) is 13.2. The molecule has 0 amide bonds. The Kier molecular flexibility index (Phi) is 2.87. The van der Waals surface area contributed by atoms with E-state index in [-0.39, 0.29) is 20.4 Å². The second-order valence-corrected chi connectivity index (χ2v) is 12.7. The second kappa shape index (κ2) is 5.10. The summed E-state index contributed by atoms with van der Waals surface area (Å²) in [6, 6.07) is 22.8. The summed E-state index contributed by atoms with van der Waals surface area (Å²) in [5.41, 5.74) is 0. The molecule has 0 spiro atoms. The SMILES string of the molecule is c1ccc2c(c1)sc1c3cc4[te]c5c6ccccc6sc5c4cc3sc21. The molecule has 7 aromatic rings. The third-order valence-electron chi connectivity index (χ3n) is 5.09. The normalized spacial score (nSPS) is 12.6. The Labute approximate surface area is 170 Å². The Bertz CT molecular complexity index is 1510. The number of hydrogen-bond acceptors (Lipinski definition) is 3. The first-order valence-electron chi connectivity index (χ1n) is 8.44. The molecule has 7 rings (SSSR count). The second-order valence-electron chi connectivity index (χ2n) is 6.56. The fourth-order valence-corrected chi connectivity index (χ4v) is 12.0. The van der Waals surface area contributed by atoms with Gasteiger partial charge in [-0.25, -0.2) is 0 Å². The molecule has 4 aromatic heterocycles. The van der Waals surface area contributed by atoms with Gasteiger partial charge in [-0.05, 0) is 0 Å². The summed E-state index contributed by atoms with van der Waals surface area (Å²) in [5, 5.41) is 5.93. The van der Waals surface area contributed by atoms with Gasteiger partial charge in [0.15, 0.2) is 0 Å². The van der Waals surface area contributed by atoms with E-state index in [1.165, 1.54) is 45.0 Å². The van der Waals surface area contributed by atoms with Crippen molar-refractivity contribution in [1.29, 1.82) is 0 Å². The van der Waals surface area contributed by atoms with Crippen LogP contribution in [0.1, 0.15) is 0 Å². The van der Waals surface area contributed by atoms with Crippen LogP contribution in [0.5, 0.6) is 0 Å². The van der Waals surface area contributed by atoms with E-state index < -0.39 is 0 Å². The molecule has 0 bridgehead atoms. The molecule has 0 N–H and O–H groups in total. The molecule has 122 valence electrons. The van der Waals surface area contributed by atoms with Gasteiger partial charge in [-0.3, -0.25) is 0 Å². The van der Waals surface area contributed by atoms with Crippen molar-refractivity contribution < 1.29 is 0 Å². The fraction of sp³-hybridized carbons (Fsp3) is 0. The van der Waals surface area contributed by atoms with Crippen LogP contribution < -0.4 is 0 Å². The predicted octanol–water partition coefficient (Wildman–Crippen LogP) is 7.85. The maximum atomic E-state index is 2.53. The molecular weight excluding hydrogens is 488 g/mol. The zero-order valence-electron chi connectivity index (χ0n) is 13.4. The third kappa shape index (κ3) is 1.79. The molecule has 0 aliphatic carbocycles. The summed E-state index contributed by atoms with van der Waals surface area (Å²) < 4.78 is 12.1. The van der Waals surface area contributed by atoms with E-state index in [2.05, 4.69) is 60.7 Å². The van der Waals surface area contributed by atoms with Gasteiger partial charge in [-0.15, -0.1) is 0 Å². The molecule has 0 unspecified atom stereocenters. The van der Waals surface area contributed by atoms with Crippen LogP contribution in [0.4, 0.5) is 0 Å². The van der Waals surface area contributed by atoms with E-state index in [1.807, 2.05) is 34.0 Å². The quantitative estimate of drug-likeness (QED) is 0.187. The molecule has 3 aromatic carbocycles. The molecule has 0 fully saturated rings. The Morgan fingerprint density at radius 3 is 2.08 bits per heavy atom. The first-order chi connectivity index (χ1) is 12.9. The van der Waals surface area contributed by atoms with E-state index in [4.69, 9.17) is 0 Å². The molecule has 4 heteroatoms. The molecule has 0 radical (unpaired) electrons. The van der Waals surface area contributed by atoms with Crippen LogP contribution in [-0.2, 0) is 0 Å². The number of fused-ring (bicyclic) bond motifs is 10.